The van der Waals surface area contributed by atoms with E-state index in [0.29, 0.717) is 13.1 Å². The maximum absolute atomic E-state index is 12.4. The van der Waals surface area contributed by atoms with E-state index in [4.69, 9.17) is 0 Å². The first-order chi connectivity index (χ1) is 13.0. The fourth-order valence-electron chi connectivity index (χ4n) is 2.64. The summed E-state index contributed by atoms with van der Waals surface area (Å²) in [6.45, 7) is 10.8. The van der Waals surface area contributed by atoms with Crippen molar-refractivity contribution in [3.8, 4) is 0 Å². The molecule has 0 saturated carbocycles. The number of amides is 1. The second-order valence-electron chi connectivity index (χ2n) is 6.20. The van der Waals surface area contributed by atoms with Gasteiger partial charge in [0.15, 0.2) is 5.96 Å². The molecule has 0 spiro atoms. The van der Waals surface area contributed by atoms with Crippen molar-refractivity contribution in [1.29, 1.82) is 0 Å². The summed E-state index contributed by atoms with van der Waals surface area (Å²) < 4.78 is 0. The van der Waals surface area contributed by atoms with E-state index in [0.717, 1.165) is 40.9 Å². The Kier molecular flexibility index (Phi) is 7.79. The highest BCUT2D eigenvalue weighted by atomic mass is 32.1. The van der Waals surface area contributed by atoms with E-state index in [1.807, 2.05) is 49.9 Å². The number of thiazole rings is 1. The van der Waals surface area contributed by atoms with E-state index in [1.165, 1.54) is 4.88 Å². The second-order valence-corrected chi connectivity index (χ2v) is 7.49. The molecule has 0 unspecified atom stereocenters. The van der Waals surface area contributed by atoms with Crippen LogP contribution in [0, 0.1) is 13.8 Å². The fraction of sp³-hybridized carbons (Fsp3) is 0.450. The Morgan fingerprint density at radius 2 is 1.74 bits per heavy atom. The van der Waals surface area contributed by atoms with Crippen molar-refractivity contribution in [3.05, 3.63) is 51.0 Å². The molecule has 0 radical (unpaired) electrons. The van der Waals surface area contributed by atoms with Gasteiger partial charge < -0.3 is 15.5 Å². The van der Waals surface area contributed by atoms with E-state index < -0.39 is 0 Å². The molecule has 0 fully saturated rings. The zero-order valence-corrected chi connectivity index (χ0v) is 17.6. The summed E-state index contributed by atoms with van der Waals surface area (Å²) in [4.78, 5) is 24.2. The van der Waals surface area contributed by atoms with Gasteiger partial charge in [-0.25, -0.2) is 4.98 Å². The lowest BCUT2D eigenvalue weighted by Crippen LogP contribution is -2.36. The Morgan fingerprint density at radius 3 is 2.26 bits per heavy atom. The number of carbonyl (C=O) groups is 1. The average molecular weight is 388 g/mol. The van der Waals surface area contributed by atoms with Gasteiger partial charge in [0.2, 0.25) is 0 Å². The molecule has 0 bridgehead atoms. The highest BCUT2D eigenvalue weighted by molar-refractivity contribution is 7.11. The van der Waals surface area contributed by atoms with Gasteiger partial charge in [0, 0.05) is 37.1 Å². The Labute approximate surface area is 165 Å². The van der Waals surface area contributed by atoms with E-state index >= 15 is 0 Å². The van der Waals surface area contributed by atoms with Crippen molar-refractivity contribution in [2.45, 2.75) is 40.8 Å². The maximum atomic E-state index is 12.4. The molecule has 0 aliphatic rings. The molecule has 0 aliphatic heterocycles. The number of aliphatic imine (C=N–C) groups is 1. The van der Waals surface area contributed by atoms with E-state index in [-0.39, 0.29) is 5.91 Å². The molecule has 6 nitrogen and oxygen atoms in total. The molecular formula is C20H29N5OS. The van der Waals surface area contributed by atoms with Gasteiger partial charge in [-0.15, -0.1) is 11.3 Å². The number of carbonyl (C=O) groups excluding carboxylic acids is 1. The Bertz CT molecular complexity index is 759. The van der Waals surface area contributed by atoms with Crippen LogP contribution in [0.2, 0.25) is 0 Å². The van der Waals surface area contributed by atoms with Crippen LogP contribution >= 0.6 is 11.3 Å². The van der Waals surface area contributed by atoms with Crippen LogP contribution in [-0.2, 0) is 13.1 Å². The number of benzene rings is 1. The molecule has 2 aromatic rings. The topological polar surface area (TPSA) is 69.6 Å². The van der Waals surface area contributed by atoms with Gasteiger partial charge in [-0.1, -0.05) is 12.1 Å². The standard InChI is InChI=1S/C20H29N5OS/c1-6-25(7-2)19(26)17-10-8-16(9-11-17)12-22-20(21-5)23-13-18-24-14(3)15(4)27-18/h8-11H,6-7,12-13H2,1-5H3,(H2,21,22,23). The average Bonchev–Trinajstić information content (AvgIpc) is 3.01. The molecule has 1 aromatic carbocycles. The summed E-state index contributed by atoms with van der Waals surface area (Å²) in [5.41, 5.74) is 2.90. The summed E-state index contributed by atoms with van der Waals surface area (Å²) in [6.07, 6.45) is 0. The Balaban J connectivity index is 1.88. The first-order valence-electron chi connectivity index (χ1n) is 9.24. The monoisotopic (exact) mass is 387 g/mol. The molecule has 0 atom stereocenters. The minimum atomic E-state index is 0.0750. The van der Waals surface area contributed by atoms with Crippen molar-refractivity contribution in [2.75, 3.05) is 20.1 Å². The SMILES string of the molecule is CCN(CC)C(=O)c1ccc(CNC(=NC)NCc2nc(C)c(C)s2)cc1. The number of nitrogens with zero attached hydrogens (tertiary/aromatic N) is 3. The normalized spacial score (nSPS) is 11.4. The molecule has 27 heavy (non-hydrogen) atoms. The van der Waals surface area contributed by atoms with Crippen molar-refractivity contribution in [2.24, 2.45) is 4.99 Å². The lowest BCUT2D eigenvalue weighted by molar-refractivity contribution is 0.0773. The van der Waals surface area contributed by atoms with Gasteiger partial charge in [-0.3, -0.25) is 9.79 Å². The zero-order valence-electron chi connectivity index (χ0n) is 16.8. The summed E-state index contributed by atoms with van der Waals surface area (Å²) in [5.74, 6) is 0.801. The maximum Gasteiger partial charge on any atom is 0.253 e. The lowest BCUT2D eigenvalue weighted by Gasteiger charge is -2.18. The van der Waals surface area contributed by atoms with Crippen molar-refractivity contribution >= 4 is 23.2 Å². The number of hydrogen-bond acceptors (Lipinski definition) is 4. The van der Waals surface area contributed by atoms with Crippen LogP contribution < -0.4 is 10.6 Å². The zero-order chi connectivity index (χ0) is 19.8. The minimum absolute atomic E-state index is 0.0750. The van der Waals surface area contributed by atoms with Crippen LogP contribution in [-0.4, -0.2) is 41.9 Å². The van der Waals surface area contributed by atoms with Gasteiger partial charge >= 0.3 is 0 Å². The molecule has 2 rings (SSSR count). The summed E-state index contributed by atoms with van der Waals surface area (Å²) in [5, 5.41) is 7.62. The van der Waals surface area contributed by atoms with Crippen LogP contribution in [0.4, 0.5) is 0 Å². The number of rotatable bonds is 7. The number of nitrogens with one attached hydrogen (secondary N) is 2. The summed E-state index contributed by atoms with van der Waals surface area (Å²) in [7, 11) is 1.75. The van der Waals surface area contributed by atoms with E-state index in [9.17, 15) is 4.79 Å². The molecule has 0 saturated heterocycles. The number of aryl methyl sites for hydroxylation is 2. The number of hydrogen-bond donors (Lipinski definition) is 2. The second kappa shape index (κ2) is 10.1. The minimum Gasteiger partial charge on any atom is -0.352 e. The number of guanidine groups is 1. The van der Waals surface area contributed by atoms with Crippen LogP contribution in [0.1, 0.15) is 45.3 Å². The molecule has 7 heteroatoms. The molecule has 1 heterocycles. The van der Waals surface area contributed by atoms with Crippen molar-refractivity contribution in [1.82, 2.24) is 20.5 Å². The van der Waals surface area contributed by atoms with E-state index in [1.54, 1.807) is 18.4 Å². The Morgan fingerprint density at radius 1 is 1.11 bits per heavy atom. The first kappa shape index (κ1) is 20.9. The summed E-state index contributed by atoms with van der Waals surface area (Å²) >= 11 is 1.70. The van der Waals surface area contributed by atoms with Gasteiger partial charge in [0.25, 0.3) is 5.91 Å². The highest BCUT2D eigenvalue weighted by Gasteiger charge is 2.12. The van der Waals surface area contributed by atoms with Gasteiger partial charge in [-0.2, -0.15) is 0 Å². The van der Waals surface area contributed by atoms with Crippen LogP contribution in [0.3, 0.4) is 0 Å². The molecule has 2 N–H and O–H groups in total. The molecule has 1 aromatic heterocycles. The third kappa shape index (κ3) is 5.79. The predicted octanol–water partition coefficient (Wildman–Crippen LogP) is 3.11. The van der Waals surface area contributed by atoms with E-state index in [2.05, 4.69) is 27.5 Å². The third-order valence-electron chi connectivity index (χ3n) is 4.41. The largest absolute Gasteiger partial charge is 0.352 e. The third-order valence-corrected chi connectivity index (χ3v) is 5.49. The first-order valence-corrected chi connectivity index (χ1v) is 10.1. The van der Waals surface area contributed by atoms with Crippen LogP contribution in [0.15, 0.2) is 29.3 Å². The molecular weight excluding hydrogens is 358 g/mol. The summed E-state index contributed by atoms with van der Waals surface area (Å²) in [6, 6.07) is 7.72. The van der Waals surface area contributed by atoms with Gasteiger partial charge in [-0.05, 0) is 45.4 Å². The fourth-order valence-corrected chi connectivity index (χ4v) is 3.51. The van der Waals surface area contributed by atoms with Crippen LogP contribution in [0.25, 0.3) is 0 Å². The quantitative estimate of drug-likeness (QED) is 0.566. The lowest BCUT2D eigenvalue weighted by atomic mass is 10.1. The Hall–Kier alpha value is -2.41. The number of aromatic nitrogens is 1. The molecule has 146 valence electrons. The van der Waals surface area contributed by atoms with Crippen molar-refractivity contribution in [3.63, 3.8) is 0 Å². The van der Waals surface area contributed by atoms with Crippen molar-refractivity contribution < 1.29 is 4.79 Å². The molecule has 0 aliphatic carbocycles. The highest BCUT2D eigenvalue weighted by Crippen LogP contribution is 2.15. The van der Waals surface area contributed by atoms with Gasteiger partial charge in [0.1, 0.15) is 5.01 Å². The predicted molar refractivity (Wildman–Crippen MR) is 112 cm³/mol. The van der Waals surface area contributed by atoms with Crippen LogP contribution in [0.5, 0.6) is 0 Å². The smallest absolute Gasteiger partial charge is 0.253 e. The molecule has 1 amide bonds. The van der Waals surface area contributed by atoms with Gasteiger partial charge in [0.05, 0.1) is 12.2 Å².